The van der Waals surface area contributed by atoms with Crippen LogP contribution in [0.1, 0.15) is 17.4 Å². The van der Waals surface area contributed by atoms with Crippen LogP contribution in [0.2, 0.25) is 0 Å². The lowest BCUT2D eigenvalue weighted by Crippen LogP contribution is -2.10. The van der Waals surface area contributed by atoms with E-state index in [0.717, 1.165) is 0 Å². The zero-order valence-electron chi connectivity index (χ0n) is 8.06. The molecule has 15 heavy (non-hydrogen) atoms. The van der Waals surface area contributed by atoms with E-state index in [1.165, 1.54) is 23.0 Å². The van der Waals surface area contributed by atoms with Gasteiger partial charge in [-0.15, -0.1) is 0 Å². The van der Waals surface area contributed by atoms with Gasteiger partial charge in [0, 0.05) is 12.4 Å². The van der Waals surface area contributed by atoms with Crippen LogP contribution in [-0.4, -0.2) is 26.9 Å². The predicted molar refractivity (Wildman–Crippen MR) is 51.8 cm³/mol. The van der Waals surface area contributed by atoms with Crippen LogP contribution in [0.4, 0.5) is 0 Å². The van der Waals surface area contributed by atoms with Gasteiger partial charge in [-0.1, -0.05) is 0 Å². The zero-order valence-corrected chi connectivity index (χ0v) is 8.06. The molecule has 6 nitrogen and oxygen atoms in total. The summed E-state index contributed by atoms with van der Waals surface area (Å²) in [6, 6.07) is 0. The molecule has 2 heterocycles. The molecular formula is C9H9N3O3. The highest BCUT2D eigenvalue weighted by Gasteiger charge is 2.15. The third-order valence-electron chi connectivity index (χ3n) is 1.94. The summed E-state index contributed by atoms with van der Waals surface area (Å²) in [4.78, 5) is 29.1. The maximum Gasteiger partial charge on any atom is 0.357 e. The molecule has 6 heteroatoms. The highest BCUT2D eigenvalue weighted by Crippen LogP contribution is 2.05. The molecule has 0 fully saturated rings. The minimum Gasteiger partial charge on any atom is -0.461 e. The van der Waals surface area contributed by atoms with Crippen LogP contribution in [0.15, 0.2) is 23.4 Å². The fraction of sp³-hybridized carbons (Fsp3) is 0.222. The number of nitrogens with one attached hydrogen (secondary N) is 1. The molecule has 0 aliphatic carbocycles. The van der Waals surface area contributed by atoms with Crippen LogP contribution in [0.25, 0.3) is 5.52 Å². The maximum atomic E-state index is 11.4. The summed E-state index contributed by atoms with van der Waals surface area (Å²) < 4.78 is 6.10. The van der Waals surface area contributed by atoms with Gasteiger partial charge in [-0.3, -0.25) is 14.4 Å². The van der Waals surface area contributed by atoms with Crippen molar-refractivity contribution < 1.29 is 9.53 Å². The van der Waals surface area contributed by atoms with Gasteiger partial charge in [0.1, 0.15) is 0 Å². The summed E-state index contributed by atoms with van der Waals surface area (Å²) >= 11 is 0. The van der Waals surface area contributed by atoms with Crippen molar-refractivity contribution in [3.63, 3.8) is 0 Å². The summed E-state index contributed by atoms with van der Waals surface area (Å²) in [5, 5.41) is 0. The molecule has 78 valence electrons. The Hall–Kier alpha value is -2.11. The van der Waals surface area contributed by atoms with Crippen LogP contribution in [0, 0.1) is 0 Å². The number of ether oxygens (including phenoxy) is 1. The Morgan fingerprint density at radius 3 is 3.20 bits per heavy atom. The molecule has 0 unspecified atom stereocenters. The Morgan fingerprint density at radius 2 is 2.47 bits per heavy atom. The van der Waals surface area contributed by atoms with Gasteiger partial charge >= 0.3 is 11.7 Å². The van der Waals surface area contributed by atoms with E-state index in [0.29, 0.717) is 5.52 Å². The molecule has 0 spiro atoms. The van der Waals surface area contributed by atoms with E-state index in [-0.39, 0.29) is 18.0 Å². The summed E-state index contributed by atoms with van der Waals surface area (Å²) in [6.45, 7) is 1.96. The number of hydrogen-bond donors (Lipinski definition) is 1. The molecule has 1 N–H and O–H groups in total. The zero-order chi connectivity index (χ0) is 10.8. The number of hydrogen-bond acceptors (Lipinski definition) is 4. The number of carbonyl (C=O) groups is 1. The van der Waals surface area contributed by atoms with E-state index in [2.05, 4.69) is 9.97 Å². The minimum absolute atomic E-state index is 0.134. The van der Waals surface area contributed by atoms with Gasteiger partial charge in [0.25, 0.3) is 0 Å². The van der Waals surface area contributed by atoms with Gasteiger partial charge < -0.3 is 4.74 Å². The van der Waals surface area contributed by atoms with Gasteiger partial charge in [0.15, 0.2) is 5.69 Å². The Balaban J connectivity index is 2.62. The molecule has 0 atom stereocenters. The molecule has 0 radical (unpaired) electrons. The SMILES string of the molecule is CCOC(=O)c1[nH]c(=O)n2ccncc12. The standard InChI is InChI=1S/C9H9N3O3/c1-2-15-8(13)7-6-5-10-3-4-12(6)9(14)11-7/h3-5H,2H2,1H3,(H,11,14). The average Bonchev–Trinajstić information content (AvgIpc) is 2.58. The van der Waals surface area contributed by atoms with Crippen molar-refractivity contribution in [3.05, 3.63) is 34.8 Å². The lowest BCUT2D eigenvalue weighted by molar-refractivity contribution is 0.0522. The molecule has 0 saturated carbocycles. The lowest BCUT2D eigenvalue weighted by Gasteiger charge is -1.98. The highest BCUT2D eigenvalue weighted by atomic mass is 16.5. The van der Waals surface area contributed by atoms with Crippen molar-refractivity contribution >= 4 is 11.5 Å². The first-order valence-electron chi connectivity index (χ1n) is 4.45. The van der Waals surface area contributed by atoms with E-state index >= 15 is 0 Å². The topological polar surface area (TPSA) is 76.5 Å². The third-order valence-corrected chi connectivity index (χ3v) is 1.94. The Kier molecular flexibility index (Phi) is 2.24. The highest BCUT2D eigenvalue weighted by molar-refractivity contribution is 5.94. The van der Waals surface area contributed by atoms with Gasteiger partial charge in [0.2, 0.25) is 0 Å². The van der Waals surface area contributed by atoms with Gasteiger partial charge in [-0.2, -0.15) is 0 Å². The molecule has 0 bridgehead atoms. The summed E-state index contributed by atoms with van der Waals surface area (Å²) in [5.41, 5.74) is 0.173. The molecule has 2 aromatic rings. The van der Waals surface area contributed by atoms with Crippen LogP contribution >= 0.6 is 0 Å². The van der Waals surface area contributed by atoms with Crippen molar-refractivity contribution in [1.29, 1.82) is 0 Å². The normalized spacial score (nSPS) is 10.5. The number of fused-ring (bicyclic) bond motifs is 1. The van der Waals surface area contributed by atoms with Crippen molar-refractivity contribution in [1.82, 2.24) is 14.4 Å². The molecule has 2 rings (SSSR count). The number of rotatable bonds is 2. The second-order valence-corrected chi connectivity index (χ2v) is 2.86. The lowest BCUT2D eigenvalue weighted by atomic mass is 10.4. The second-order valence-electron chi connectivity index (χ2n) is 2.86. The molecule has 0 saturated heterocycles. The predicted octanol–water partition coefficient (Wildman–Crippen LogP) is 0.199. The maximum absolute atomic E-state index is 11.4. The number of esters is 1. The van der Waals surface area contributed by atoms with Crippen molar-refractivity contribution in [2.75, 3.05) is 6.61 Å². The second kappa shape index (κ2) is 3.56. The molecule has 0 amide bonds. The molecular weight excluding hydrogens is 198 g/mol. The van der Waals surface area contributed by atoms with E-state index in [1.807, 2.05) is 0 Å². The van der Waals surface area contributed by atoms with Gasteiger partial charge in [0.05, 0.1) is 18.3 Å². The number of H-pyrrole nitrogens is 1. The van der Waals surface area contributed by atoms with Gasteiger partial charge in [-0.25, -0.2) is 9.59 Å². The Labute approximate surface area is 84.5 Å². The summed E-state index contributed by atoms with van der Waals surface area (Å²) in [5.74, 6) is -0.551. The Bertz CT molecular complexity index is 555. The fourth-order valence-electron chi connectivity index (χ4n) is 1.31. The van der Waals surface area contributed by atoms with Crippen LogP contribution in [-0.2, 0) is 4.74 Å². The van der Waals surface area contributed by atoms with Crippen LogP contribution < -0.4 is 5.69 Å². The van der Waals surface area contributed by atoms with E-state index in [1.54, 1.807) is 6.92 Å². The largest absolute Gasteiger partial charge is 0.461 e. The van der Waals surface area contributed by atoms with E-state index < -0.39 is 5.97 Å². The molecule has 0 aliphatic rings. The minimum atomic E-state index is -0.551. The third kappa shape index (κ3) is 1.50. The van der Waals surface area contributed by atoms with Crippen molar-refractivity contribution in [3.8, 4) is 0 Å². The first-order valence-corrected chi connectivity index (χ1v) is 4.45. The van der Waals surface area contributed by atoms with Crippen molar-refractivity contribution in [2.24, 2.45) is 0 Å². The quantitative estimate of drug-likeness (QED) is 0.713. The molecule has 2 aromatic heterocycles. The van der Waals surface area contributed by atoms with E-state index in [4.69, 9.17) is 4.74 Å². The number of imidazole rings is 1. The monoisotopic (exact) mass is 207 g/mol. The summed E-state index contributed by atoms with van der Waals surface area (Å²) in [6.07, 6.45) is 4.39. The van der Waals surface area contributed by atoms with Crippen molar-refractivity contribution in [2.45, 2.75) is 6.92 Å². The molecule has 0 aromatic carbocycles. The average molecular weight is 207 g/mol. The first kappa shape index (κ1) is 9.45. The van der Waals surface area contributed by atoms with Crippen LogP contribution in [0.5, 0.6) is 0 Å². The number of aromatic amines is 1. The van der Waals surface area contributed by atoms with Crippen LogP contribution in [0.3, 0.4) is 0 Å². The smallest absolute Gasteiger partial charge is 0.357 e. The van der Waals surface area contributed by atoms with E-state index in [9.17, 15) is 9.59 Å². The van der Waals surface area contributed by atoms with Gasteiger partial charge in [-0.05, 0) is 6.92 Å². The molecule has 0 aliphatic heterocycles. The number of carbonyl (C=O) groups excluding carboxylic acids is 1. The Morgan fingerprint density at radius 1 is 1.67 bits per heavy atom. The first-order chi connectivity index (χ1) is 7.24. The number of aromatic nitrogens is 3. The summed E-state index contributed by atoms with van der Waals surface area (Å²) in [7, 11) is 0. The number of nitrogens with zero attached hydrogens (tertiary/aromatic N) is 2. The fourth-order valence-corrected chi connectivity index (χ4v) is 1.31.